The third kappa shape index (κ3) is 3.91. The summed E-state index contributed by atoms with van der Waals surface area (Å²) in [5.74, 6) is 2.77. The van der Waals surface area contributed by atoms with Gasteiger partial charge in [0.2, 0.25) is 5.95 Å². The second-order valence-corrected chi connectivity index (χ2v) is 7.97. The Balaban J connectivity index is 1.56. The molecule has 1 aliphatic heterocycles. The number of anilines is 2. The van der Waals surface area contributed by atoms with Gasteiger partial charge in [-0.15, -0.1) is 0 Å². The number of rotatable bonds is 4. The van der Waals surface area contributed by atoms with Crippen LogP contribution in [0.25, 0.3) is 5.95 Å². The zero-order valence-corrected chi connectivity index (χ0v) is 17.2. The second kappa shape index (κ2) is 7.40. The van der Waals surface area contributed by atoms with E-state index in [0.717, 1.165) is 37.0 Å². The lowest BCUT2D eigenvalue weighted by Crippen LogP contribution is -2.60. The van der Waals surface area contributed by atoms with E-state index >= 15 is 0 Å². The van der Waals surface area contributed by atoms with Gasteiger partial charge in [-0.1, -0.05) is 0 Å². The van der Waals surface area contributed by atoms with Gasteiger partial charge < -0.3 is 14.9 Å². The van der Waals surface area contributed by atoms with Gasteiger partial charge in [0.05, 0.1) is 11.2 Å². The topological polar surface area (TPSA) is 96.1 Å². The average Bonchev–Trinajstić information content (AvgIpc) is 3.14. The second-order valence-electron chi connectivity index (χ2n) is 7.97. The zero-order chi connectivity index (χ0) is 20.6. The van der Waals surface area contributed by atoms with E-state index in [1.165, 1.54) is 0 Å². The van der Waals surface area contributed by atoms with Crippen molar-refractivity contribution in [3.8, 4) is 5.95 Å². The number of hydrogen-bond donors (Lipinski definition) is 1. The largest absolute Gasteiger partial charge is 0.385 e. The molecule has 1 N–H and O–H groups in total. The lowest BCUT2D eigenvalue weighted by Gasteiger charge is -2.48. The van der Waals surface area contributed by atoms with Crippen molar-refractivity contribution in [2.75, 3.05) is 29.4 Å². The molecule has 1 unspecified atom stereocenters. The lowest BCUT2D eigenvalue weighted by molar-refractivity contribution is 0.188. The van der Waals surface area contributed by atoms with Gasteiger partial charge in [0.25, 0.3) is 0 Å². The molecule has 0 radical (unpaired) electrons. The molecule has 3 aromatic heterocycles. The first-order chi connectivity index (χ1) is 13.8. The molecule has 29 heavy (non-hydrogen) atoms. The van der Waals surface area contributed by atoms with Crippen LogP contribution in [-0.4, -0.2) is 59.8 Å². The third-order valence-corrected chi connectivity index (χ3v) is 5.11. The summed E-state index contributed by atoms with van der Waals surface area (Å²) in [5.41, 5.74) is 0.745. The van der Waals surface area contributed by atoms with Crippen LogP contribution >= 0.6 is 0 Å². The first-order valence-corrected chi connectivity index (χ1v) is 9.71. The summed E-state index contributed by atoms with van der Waals surface area (Å²) in [7, 11) is 0. The molecule has 0 aromatic carbocycles. The zero-order valence-electron chi connectivity index (χ0n) is 17.2. The Hall–Kier alpha value is -3.07. The molecule has 0 aliphatic carbocycles. The van der Waals surface area contributed by atoms with Crippen molar-refractivity contribution in [2.45, 2.75) is 39.3 Å². The van der Waals surface area contributed by atoms with Gasteiger partial charge in [-0.25, -0.2) is 19.9 Å². The number of aryl methyl sites for hydroxylation is 1. The number of aliphatic hydroxyl groups excluding tert-OH is 1. The average molecular weight is 394 g/mol. The minimum atomic E-state index is -0.689. The summed E-state index contributed by atoms with van der Waals surface area (Å²) in [6.45, 7) is 10.4. The molecule has 1 fully saturated rings. The highest BCUT2D eigenvalue weighted by atomic mass is 16.3. The number of imidazole rings is 1. The Bertz CT molecular complexity index is 999. The summed E-state index contributed by atoms with van der Waals surface area (Å²) in [6.07, 6.45) is 6.44. The predicted octanol–water partition coefficient (Wildman–Crippen LogP) is 1.92. The van der Waals surface area contributed by atoms with E-state index in [1.807, 2.05) is 29.8 Å². The normalized spacial score (nSPS) is 17.4. The van der Waals surface area contributed by atoms with Crippen LogP contribution in [0, 0.1) is 6.92 Å². The molecule has 9 heteroatoms. The van der Waals surface area contributed by atoms with Crippen molar-refractivity contribution in [1.82, 2.24) is 29.5 Å². The molecule has 1 atom stereocenters. The Kier molecular flexibility index (Phi) is 4.91. The Morgan fingerprint density at radius 1 is 1.03 bits per heavy atom. The molecule has 4 rings (SSSR count). The van der Waals surface area contributed by atoms with Gasteiger partial charge in [-0.2, -0.15) is 4.98 Å². The fourth-order valence-corrected chi connectivity index (χ4v) is 3.66. The summed E-state index contributed by atoms with van der Waals surface area (Å²) in [4.78, 5) is 26.6. The molecule has 3 aromatic rings. The molecular formula is C20H26N8O. The first kappa shape index (κ1) is 19.3. The van der Waals surface area contributed by atoms with Gasteiger partial charge in [0.1, 0.15) is 24.1 Å². The van der Waals surface area contributed by atoms with E-state index in [0.29, 0.717) is 11.8 Å². The van der Waals surface area contributed by atoms with Crippen molar-refractivity contribution in [3.63, 3.8) is 0 Å². The molecule has 1 aliphatic rings. The molecule has 0 bridgehead atoms. The van der Waals surface area contributed by atoms with E-state index < -0.39 is 6.10 Å². The fourth-order valence-electron chi connectivity index (χ4n) is 3.66. The van der Waals surface area contributed by atoms with Crippen LogP contribution in [0.4, 0.5) is 11.6 Å². The monoisotopic (exact) mass is 394 g/mol. The predicted molar refractivity (Wildman–Crippen MR) is 110 cm³/mol. The molecule has 152 valence electrons. The summed E-state index contributed by atoms with van der Waals surface area (Å²) < 4.78 is 1.83. The lowest BCUT2D eigenvalue weighted by atomic mass is 9.98. The molecule has 4 heterocycles. The fraction of sp³-hybridized carbons (Fsp3) is 0.450. The van der Waals surface area contributed by atoms with Crippen LogP contribution in [0.1, 0.15) is 38.4 Å². The molecule has 0 spiro atoms. The van der Waals surface area contributed by atoms with Crippen molar-refractivity contribution < 1.29 is 5.11 Å². The minimum Gasteiger partial charge on any atom is -0.385 e. The Morgan fingerprint density at radius 2 is 1.79 bits per heavy atom. The van der Waals surface area contributed by atoms with E-state index in [1.54, 1.807) is 25.6 Å². The van der Waals surface area contributed by atoms with Crippen LogP contribution in [0.5, 0.6) is 0 Å². The van der Waals surface area contributed by atoms with Gasteiger partial charge >= 0.3 is 0 Å². The molecule has 9 nitrogen and oxygen atoms in total. The highest BCUT2D eigenvalue weighted by molar-refractivity contribution is 5.48. The van der Waals surface area contributed by atoms with Crippen LogP contribution in [0.15, 0.2) is 37.1 Å². The quantitative estimate of drug-likeness (QED) is 0.717. The maximum Gasteiger partial charge on any atom is 0.236 e. The van der Waals surface area contributed by atoms with E-state index in [2.05, 4.69) is 43.6 Å². The summed E-state index contributed by atoms with van der Waals surface area (Å²) in [5, 5.41) is 9.82. The standard InChI is InChI=1S/C20H26N8O/c1-14-11-27(13-23-14)19-22-8-5-16(25-19)26-9-10-28(20(3,4)12-26)17-6-7-21-18(24-17)15(2)29/h5-8,11,13,15,29H,9-10,12H2,1-4H3. The number of aromatic nitrogens is 6. The van der Waals surface area contributed by atoms with E-state index in [9.17, 15) is 5.11 Å². The maximum absolute atomic E-state index is 9.82. The first-order valence-electron chi connectivity index (χ1n) is 9.71. The minimum absolute atomic E-state index is 0.181. The highest BCUT2D eigenvalue weighted by Gasteiger charge is 2.35. The van der Waals surface area contributed by atoms with Crippen molar-refractivity contribution >= 4 is 11.6 Å². The Morgan fingerprint density at radius 3 is 2.48 bits per heavy atom. The van der Waals surface area contributed by atoms with Gasteiger partial charge in [0.15, 0.2) is 5.82 Å². The molecular weight excluding hydrogens is 368 g/mol. The maximum atomic E-state index is 9.82. The van der Waals surface area contributed by atoms with Crippen LogP contribution < -0.4 is 9.80 Å². The van der Waals surface area contributed by atoms with E-state index in [-0.39, 0.29) is 5.54 Å². The van der Waals surface area contributed by atoms with Crippen LogP contribution in [0.3, 0.4) is 0 Å². The van der Waals surface area contributed by atoms with Crippen LogP contribution in [-0.2, 0) is 0 Å². The van der Waals surface area contributed by atoms with Gasteiger partial charge in [-0.05, 0) is 39.8 Å². The third-order valence-electron chi connectivity index (χ3n) is 5.11. The summed E-state index contributed by atoms with van der Waals surface area (Å²) in [6, 6.07) is 3.84. The number of hydrogen-bond acceptors (Lipinski definition) is 8. The number of aliphatic hydroxyl groups is 1. The highest BCUT2D eigenvalue weighted by Crippen LogP contribution is 2.29. The van der Waals surface area contributed by atoms with Crippen LogP contribution in [0.2, 0.25) is 0 Å². The number of nitrogens with zero attached hydrogens (tertiary/aromatic N) is 8. The number of piperazine rings is 1. The van der Waals surface area contributed by atoms with Crippen molar-refractivity contribution in [3.05, 3.63) is 48.6 Å². The Labute approximate surface area is 170 Å². The van der Waals surface area contributed by atoms with Gasteiger partial charge in [-0.3, -0.25) is 4.57 Å². The van der Waals surface area contributed by atoms with Crippen molar-refractivity contribution in [2.24, 2.45) is 0 Å². The van der Waals surface area contributed by atoms with Gasteiger partial charge in [0, 0.05) is 38.2 Å². The summed E-state index contributed by atoms with van der Waals surface area (Å²) >= 11 is 0. The molecule has 0 saturated carbocycles. The molecule has 0 amide bonds. The van der Waals surface area contributed by atoms with Crippen molar-refractivity contribution in [1.29, 1.82) is 0 Å². The molecule has 1 saturated heterocycles. The smallest absolute Gasteiger partial charge is 0.236 e. The SMILES string of the molecule is Cc1cn(-c2nccc(N3CCN(c4ccnc(C(C)O)n4)C(C)(C)C3)n2)cn1. The van der Waals surface area contributed by atoms with E-state index in [4.69, 9.17) is 4.98 Å².